The summed E-state index contributed by atoms with van der Waals surface area (Å²) in [5.41, 5.74) is 1.53. The van der Waals surface area contributed by atoms with Crippen LogP contribution in [0.25, 0.3) is 11.0 Å². The molecule has 102 valence electrons. The first-order valence-electron chi connectivity index (χ1n) is 6.19. The standard InChI is InChI=1S/C16H12BrFO2/c1-9-14(10-5-2-3-8-13(10)20-9)16(19)11-6-4-7-12(17)15(11)18/h2-8,16,19H,1H3. The van der Waals surface area contributed by atoms with Gasteiger partial charge in [-0.25, -0.2) is 4.39 Å². The Morgan fingerprint density at radius 1 is 1.15 bits per heavy atom. The molecule has 1 heterocycles. The maximum absolute atomic E-state index is 14.1. The summed E-state index contributed by atoms with van der Waals surface area (Å²) in [6, 6.07) is 12.3. The molecular formula is C16H12BrFO2. The lowest BCUT2D eigenvalue weighted by atomic mass is 9.98. The molecule has 0 aliphatic carbocycles. The van der Waals surface area contributed by atoms with E-state index in [1.165, 1.54) is 0 Å². The van der Waals surface area contributed by atoms with Gasteiger partial charge >= 0.3 is 0 Å². The number of furan rings is 1. The Balaban J connectivity index is 2.20. The molecule has 0 radical (unpaired) electrons. The Bertz CT molecular complexity index is 779. The lowest BCUT2D eigenvalue weighted by molar-refractivity contribution is 0.213. The molecule has 0 fully saturated rings. The molecule has 2 aromatic carbocycles. The Morgan fingerprint density at radius 2 is 1.90 bits per heavy atom. The lowest BCUT2D eigenvalue weighted by Crippen LogP contribution is -2.03. The fourth-order valence-corrected chi connectivity index (χ4v) is 2.80. The SMILES string of the molecule is Cc1oc2ccccc2c1C(O)c1cccc(Br)c1F. The zero-order valence-electron chi connectivity index (χ0n) is 10.7. The van der Waals surface area contributed by atoms with Gasteiger partial charge in [0.05, 0.1) is 4.47 Å². The molecule has 1 N–H and O–H groups in total. The molecule has 3 aromatic rings. The van der Waals surface area contributed by atoms with Crippen LogP contribution in [-0.2, 0) is 0 Å². The second-order valence-corrected chi connectivity index (χ2v) is 5.47. The third kappa shape index (κ3) is 2.05. The van der Waals surface area contributed by atoms with Gasteiger partial charge in [0.25, 0.3) is 0 Å². The molecule has 2 nitrogen and oxygen atoms in total. The number of aliphatic hydroxyl groups excluding tert-OH is 1. The summed E-state index contributed by atoms with van der Waals surface area (Å²) >= 11 is 3.14. The van der Waals surface area contributed by atoms with Gasteiger partial charge < -0.3 is 9.52 Å². The van der Waals surface area contributed by atoms with Crippen molar-refractivity contribution in [1.29, 1.82) is 0 Å². The molecule has 0 amide bonds. The molecule has 3 rings (SSSR count). The molecule has 1 atom stereocenters. The summed E-state index contributed by atoms with van der Waals surface area (Å²) < 4.78 is 20.1. The Hall–Kier alpha value is -1.65. The molecular weight excluding hydrogens is 323 g/mol. The molecule has 0 saturated carbocycles. The first-order valence-corrected chi connectivity index (χ1v) is 6.99. The average Bonchev–Trinajstić information content (AvgIpc) is 2.77. The van der Waals surface area contributed by atoms with Crippen LogP contribution in [0.4, 0.5) is 4.39 Å². The average molecular weight is 335 g/mol. The second-order valence-electron chi connectivity index (χ2n) is 4.61. The normalized spacial score (nSPS) is 12.8. The van der Waals surface area contributed by atoms with Crippen molar-refractivity contribution in [3.63, 3.8) is 0 Å². The number of halogens is 2. The van der Waals surface area contributed by atoms with Gasteiger partial charge in [-0.05, 0) is 35.0 Å². The van der Waals surface area contributed by atoms with Crippen molar-refractivity contribution in [3.05, 3.63) is 69.6 Å². The van der Waals surface area contributed by atoms with Crippen LogP contribution >= 0.6 is 15.9 Å². The minimum absolute atomic E-state index is 0.231. The number of aliphatic hydroxyl groups is 1. The van der Waals surface area contributed by atoms with E-state index in [0.29, 0.717) is 21.4 Å². The summed E-state index contributed by atoms with van der Waals surface area (Å²) in [4.78, 5) is 0. The zero-order chi connectivity index (χ0) is 14.3. The van der Waals surface area contributed by atoms with Crippen LogP contribution < -0.4 is 0 Å². The van der Waals surface area contributed by atoms with Crippen LogP contribution in [0.2, 0.25) is 0 Å². The molecule has 4 heteroatoms. The zero-order valence-corrected chi connectivity index (χ0v) is 12.3. The fraction of sp³-hybridized carbons (Fsp3) is 0.125. The first kappa shape index (κ1) is 13.3. The van der Waals surface area contributed by atoms with E-state index in [0.717, 1.165) is 5.39 Å². The van der Waals surface area contributed by atoms with Gasteiger partial charge in [0.2, 0.25) is 0 Å². The smallest absolute Gasteiger partial charge is 0.143 e. The molecule has 1 unspecified atom stereocenters. The number of rotatable bonds is 2. The lowest BCUT2D eigenvalue weighted by Gasteiger charge is -2.12. The van der Waals surface area contributed by atoms with Gasteiger partial charge in [-0.3, -0.25) is 0 Å². The van der Waals surface area contributed by atoms with E-state index in [2.05, 4.69) is 15.9 Å². The third-order valence-electron chi connectivity index (χ3n) is 3.37. The molecule has 20 heavy (non-hydrogen) atoms. The van der Waals surface area contributed by atoms with Crippen molar-refractivity contribution in [2.24, 2.45) is 0 Å². The summed E-state index contributed by atoms with van der Waals surface area (Å²) in [6.45, 7) is 1.77. The summed E-state index contributed by atoms with van der Waals surface area (Å²) in [7, 11) is 0. The van der Waals surface area contributed by atoms with Gasteiger partial charge in [0, 0.05) is 16.5 Å². The van der Waals surface area contributed by atoms with E-state index in [-0.39, 0.29) is 5.56 Å². The van der Waals surface area contributed by atoms with Gasteiger partial charge in [-0.15, -0.1) is 0 Å². The van der Waals surface area contributed by atoms with E-state index < -0.39 is 11.9 Å². The van der Waals surface area contributed by atoms with Crippen LogP contribution in [-0.4, -0.2) is 5.11 Å². The minimum Gasteiger partial charge on any atom is -0.461 e. The van der Waals surface area contributed by atoms with Crippen molar-refractivity contribution in [1.82, 2.24) is 0 Å². The number of para-hydroxylation sites is 1. The van der Waals surface area contributed by atoms with E-state index in [4.69, 9.17) is 4.42 Å². The predicted octanol–water partition coefficient (Wildman–Crippen LogP) is 4.72. The summed E-state index contributed by atoms with van der Waals surface area (Å²) in [5.74, 6) is 0.141. The van der Waals surface area contributed by atoms with Gasteiger partial charge in [0.1, 0.15) is 23.3 Å². The van der Waals surface area contributed by atoms with E-state index in [1.807, 2.05) is 24.3 Å². The molecule has 0 spiro atoms. The number of benzene rings is 2. The summed E-state index contributed by atoms with van der Waals surface area (Å²) in [6.07, 6.45) is -1.06. The summed E-state index contributed by atoms with van der Waals surface area (Å²) in [5, 5.41) is 11.3. The minimum atomic E-state index is -1.06. The van der Waals surface area contributed by atoms with Crippen molar-refractivity contribution in [2.45, 2.75) is 13.0 Å². The van der Waals surface area contributed by atoms with Gasteiger partial charge in [-0.2, -0.15) is 0 Å². The third-order valence-corrected chi connectivity index (χ3v) is 3.98. The number of hydrogen-bond donors (Lipinski definition) is 1. The Morgan fingerprint density at radius 3 is 2.70 bits per heavy atom. The highest BCUT2D eigenvalue weighted by Crippen LogP contribution is 2.35. The van der Waals surface area contributed by atoms with Crippen molar-refractivity contribution < 1.29 is 13.9 Å². The highest BCUT2D eigenvalue weighted by Gasteiger charge is 2.23. The maximum Gasteiger partial charge on any atom is 0.143 e. The topological polar surface area (TPSA) is 33.4 Å². The maximum atomic E-state index is 14.1. The van der Waals surface area contributed by atoms with Crippen molar-refractivity contribution in [3.8, 4) is 0 Å². The van der Waals surface area contributed by atoms with Crippen molar-refractivity contribution in [2.75, 3.05) is 0 Å². The van der Waals surface area contributed by atoms with Crippen LogP contribution in [0.5, 0.6) is 0 Å². The number of fused-ring (bicyclic) bond motifs is 1. The largest absolute Gasteiger partial charge is 0.461 e. The van der Waals surface area contributed by atoms with Crippen LogP contribution in [0.1, 0.15) is 23.0 Å². The molecule has 0 saturated heterocycles. The van der Waals surface area contributed by atoms with Gasteiger partial charge in [0.15, 0.2) is 0 Å². The number of hydrogen-bond acceptors (Lipinski definition) is 2. The predicted molar refractivity (Wildman–Crippen MR) is 79.1 cm³/mol. The van der Waals surface area contributed by atoms with Gasteiger partial charge in [-0.1, -0.05) is 30.3 Å². The highest BCUT2D eigenvalue weighted by molar-refractivity contribution is 9.10. The van der Waals surface area contributed by atoms with E-state index >= 15 is 0 Å². The van der Waals surface area contributed by atoms with Crippen LogP contribution in [0, 0.1) is 12.7 Å². The van der Waals surface area contributed by atoms with E-state index in [1.54, 1.807) is 25.1 Å². The van der Waals surface area contributed by atoms with Crippen molar-refractivity contribution >= 4 is 26.9 Å². The Labute approximate surface area is 124 Å². The van der Waals surface area contributed by atoms with Crippen LogP contribution in [0.3, 0.4) is 0 Å². The molecule has 1 aromatic heterocycles. The van der Waals surface area contributed by atoms with E-state index in [9.17, 15) is 9.50 Å². The number of aryl methyl sites for hydroxylation is 1. The monoisotopic (exact) mass is 334 g/mol. The highest BCUT2D eigenvalue weighted by atomic mass is 79.9. The first-order chi connectivity index (χ1) is 9.59. The van der Waals surface area contributed by atoms with Crippen LogP contribution in [0.15, 0.2) is 51.4 Å². The second kappa shape index (κ2) is 5.04. The molecule has 0 bridgehead atoms. The molecule has 0 aliphatic heterocycles. The Kier molecular flexibility index (Phi) is 3.36. The molecule has 0 aliphatic rings. The quantitative estimate of drug-likeness (QED) is 0.735. The fourth-order valence-electron chi connectivity index (χ4n) is 2.41.